The van der Waals surface area contributed by atoms with Gasteiger partial charge in [-0.15, -0.1) is 0 Å². The van der Waals surface area contributed by atoms with Gasteiger partial charge in [0.1, 0.15) is 0 Å². The fourth-order valence-corrected chi connectivity index (χ4v) is 9.89. The maximum atomic E-state index is 7.03. The molecule has 0 amide bonds. The summed E-state index contributed by atoms with van der Waals surface area (Å²) in [5.41, 5.74) is 18.0. The highest BCUT2D eigenvalue weighted by molar-refractivity contribution is 5.02. The monoisotopic (exact) mass is 709 g/mol. The van der Waals surface area contributed by atoms with Gasteiger partial charge in [-0.05, 0) is 164 Å². The molecule has 298 valence electrons. The zero-order chi connectivity index (χ0) is 36.8. The number of nitrogens with one attached hydrogen (secondary N) is 1. The van der Waals surface area contributed by atoms with Gasteiger partial charge in [-0.1, -0.05) is 73.6 Å². The van der Waals surface area contributed by atoms with Crippen molar-refractivity contribution in [2.75, 3.05) is 52.5 Å². The van der Waals surface area contributed by atoms with Crippen LogP contribution in [0.2, 0.25) is 0 Å². The van der Waals surface area contributed by atoms with Gasteiger partial charge < -0.3 is 36.7 Å². The molecule has 2 aliphatic rings. The molecule has 7 heteroatoms. The first kappa shape index (κ1) is 45.9. The Labute approximate surface area is 311 Å². The van der Waals surface area contributed by atoms with Crippen molar-refractivity contribution in [1.82, 2.24) is 5.32 Å². The van der Waals surface area contributed by atoms with Crippen LogP contribution in [0.4, 0.5) is 0 Å². The van der Waals surface area contributed by atoms with E-state index in [1.165, 1.54) is 77.2 Å². The summed E-state index contributed by atoms with van der Waals surface area (Å²) in [6.45, 7) is 24.0. The van der Waals surface area contributed by atoms with Gasteiger partial charge in [0, 0.05) is 19.8 Å². The second-order valence-corrected chi connectivity index (χ2v) is 17.4. The molecule has 2 aliphatic carbocycles. The second kappa shape index (κ2) is 25.7. The van der Waals surface area contributed by atoms with E-state index >= 15 is 0 Å². The van der Waals surface area contributed by atoms with Gasteiger partial charge in [-0.25, -0.2) is 0 Å². The Morgan fingerprint density at radius 3 is 2.10 bits per heavy atom. The Kier molecular flexibility index (Phi) is 23.6. The van der Waals surface area contributed by atoms with Crippen LogP contribution in [0.3, 0.4) is 0 Å². The SMILES string of the molecule is CCCCCCCCNCCC[C@@H](C)[C@H]1CC[C@@H](C)[C@]1(C)[C@H](C[C@@H](C)[C@@]1(C)CC[C@@H](OCCCN)CC1C[C@H](C)OCCCN)OCCCN. The highest BCUT2D eigenvalue weighted by Gasteiger charge is 2.53. The molecule has 10 atom stereocenters. The van der Waals surface area contributed by atoms with E-state index in [9.17, 15) is 0 Å². The lowest BCUT2D eigenvalue weighted by atomic mass is 9.56. The smallest absolute Gasteiger partial charge is 0.0636 e. The van der Waals surface area contributed by atoms with E-state index in [1.54, 1.807) is 0 Å². The molecule has 0 aliphatic heterocycles. The molecule has 0 aromatic heterocycles. The highest BCUT2D eigenvalue weighted by atomic mass is 16.5. The highest BCUT2D eigenvalue weighted by Crippen LogP contribution is 2.58. The van der Waals surface area contributed by atoms with Crippen LogP contribution in [0, 0.1) is 40.4 Å². The predicted molar refractivity (Wildman–Crippen MR) is 214 cm³/mol. The van der Waals surface area contributed by atoms with Crippen molar-refractivity contribution in [3.63, 3.8) is 0 Å². The fourth-order valence-electron chi connectivity index (χ4n) is 9.89. The molecule has 0 aromatic carbocycles. The van der Waals surface area contributed by atoms with Crippen molar-refractivity contribution in [2.24, 2.45) is 57.6 Å². The molecule has 0 spiro atoms. The molecular weight excluding hydrogens is 620 g/mol. The minimum absolute atomic E-state index is 0.168. The van der Waals surface area contributed by atoms with Crippen molar-refractivity contribution >= 4 is 0 Å². The maximum absolute atomic E-state index is 7.03. The number of ether oxygens (including phenoxy) is 3. The van der Waals surface area contributed by atoms with Crippen LogP contribution in [0.5, 0.6) is 0 Å². The molecule has 2 saturated carbocycles. The first-order valence-corrected chi connectivity index (χ1v) is 21.7. The lowest BCUT2D eigenvalue weighted by Crippen LogP contribution is -2.48. The van der Waals surface area contributed by atoms with Crippen molar-refractivity contribution in [2.45, 2.75) is 182 Å². The molecule has 1 unspecified atom stereocenters. The molecular formula is C43H88N4O3. The molecule has 7 nitrogen and oxygen atoms in total. The lowest BCUT2D eigenvalue weighted by Gasteiger charge is -2.52. The van der Waals surface area contributed by atoms with Crippen LogP contribution in [-0.2, 0) is 14.2 Å². The zero-order valence-electron chi connectivity index (χ0n) is 34.5. The predicted octanol–water partition coefficient (Wildman–Crippen LogP) is 8.85. The molecule has 0 saturated heterocycles. The summed E-state index contributed by atoms with van der Waals surface area (Å²) in [6.07, 6.45) is 22.6. The molecule has 0 bridgehead atoms. The molecule has 7 N–H and O–H groups in total. The maximum Gasteiger partial charge on any atom is 0.0636 e. The number of nitrogens with two attached hydrogens (primary N) is 3. The Morgan fingerprint density at radius 1 is 0.760 bits per heavy atom. The van der Waals surface area contributed by atoms with Crippen LogP contribution < -0.4 is 22.5 Å². The molecule has 0 aromatic rings. The van der Waals surface area contributed by atoms with Gasteiger partial charge in [-0.3, -0.25) is 0 Å². The summed E-state index contributed by atoms with van der Waals surface area (Å²) < 4.78 is 19.7. The van der Waals surface area contributed by atoms with Gasteiger partial charge in [0.15, 0.2) is 0 Å². The Morgan fingerprint density at radius 2 is 1.40 bits per heavy atom. The van der Waals surface area contributed by atoms with Gasteiger partial charge >= 0.3 is 0 Å². The number of unbranched alkanes of at least 4 members (excludes halogenated alkanes) is 5. The fraction of sp³-hybridized carbons (Fsp3) is 1.00. The van der Waals surface area contributed by atoms with E-state index in [1.807, 2.05) is 0 Å². The van der Waals surface area contributed by atoms with Gasteiger partial charge in [-0.2, -0.15) is 0 Å². The van der Waals surface area contributed by atoms with E-state index in [0.29, 0.717) is 55.3 Å². The summed E-state index contributed by atoms with van der Waals surface area (Å²) in [5.74, 6) is 3.12. The molecule has 0 heterocycles. The largest absolute Gasteiger partial charge is 0.378 e. The Hall–Kier alpha value is -0.280. The average Bonchev–Trinajstić information content (AvgIpc) is 3.40. The van der Waals surface area contributed by atoms with E-state index < -0.39 is 0 Å². The van der Waals surface area contributed by atoms with Crippen LogP contribution in [0.15, 0.2) is 0 Å². The zero-order valence-corrected chi connectivity index (χ0v) is 34.5. The van der Waals surface area contributed by atoms with Gasteiger partial charge in [0.05, 0.1) is 18.3 Å². The second-order valence-electron chi connectivity index (χ2n) is 17.4. The summed E-state index contributed by atoms with van der Waals surface area (Å²) in [6, 6.07) is 0. The average molecular weight is 709 g/mol. The third kappa shape index (κ3) is 14.9. The first-order chi connectivity index (χ1) is 24.1. The summed E-state index contributed by atoms with van der Waals surface area (Å²) in [7, 11) is 0. The van der Waals surface area contributed by atoms with E-state index in [2.05, 4.69) is 53.8 Å². The molecule has 50 heavy (non-hydrogen) atoms. The number of rotatable bonds is 30. The van der Waals surface area contributed by atoms with Crippen LogP contribution in [0.25, 0.3) is 0 Å². The minimum Gasteiger partial charge on any atom is -0.378 e. The third-order valence-corrected chi connectivity index (χ3v) is 13.8. The van der Waals surface area contributed by atoms with Gasteiger partial charge in [0.2, 0.25) is 0 Å². The van der Waals surface area contributed by atoms with Crippen LogP contribution >= 0.6 is 0 Å². The first-order valence-electron chi connectivity index (χ1n) is 21.7. The van der Waals surface area contributed by atoms with Gasteiger partial charge in [0.25, 0.3) is 0 Å². The van der Waals surface area contributed by atoms with Crippen LogP contribution in [0.1, 0.15) is 164 Å². The third-order valence-electron chi connectivity index (χ3n) is 13.8. The summed E-state index contributed by atoms with van der Waals surface area (Å²) >= 11 is 0. The molecule has 0 radical (unpaired) electrons. The Bertz CT molecular complexity index is 832. The summed E-state index contributed by atoms with van der Waals surface area (Å²) in [4.78, 5) is 0. The minimum atomic E-state index is 0.168. The van der Waals surface area contributed by atoms with E-state index in [-0.39, 0.29) is 23.0 Å². The topological polar surface area (TPSA) is 118 Å². The normalized spacial score (nSPS) is 29.6. The van der Waals surface area contributed by atoms with Crippen LogP contribution in [-0.4, -0.2) is 70.9 Å². The quantitative estimate of drug-likeness (QED) is 0.0551. The standard InChI is InChI=1S/C43H88N4O3/c1-8-9-10-11-12-13-26-47-27-14-18-34(2)40-20-19-35(3)43(40,7)41(50-30-17-25-46)31-36(4)42(6)22-21-39(49-29-16-24-45)33-38(42)32-37(5)48-28-15-23-44/h34-41,47H,8-33,44-46H2,1-7H3/t34-,35-,36-,37+,38?,39-,40-,41+,42-,43+/m1/s1. The van der Waals surface area contributed by atoms with Crippen molar-refractivity contribution in [3.05, 3.63) is 0 Å². The van der Waals surface area contributed by atoms with Crippen molar-refractivity contribution < 1.29 is 14.2 Å². The van der Waals surface area contributed by atoms with Crippen molar-refractivity contribution in [1.29, 1.82) is 0 Å². The molecule has 2 rings (SSSR count). The van der Waals surface area contributed by atoms with E-state index in [4.69, 9.17) is 31.4 Å². The lowest BCUT2D eigenvalue weighted by molar-refractivity contribution is -0.115. The number of hydrogen-bond donors (Lipinski definition) is 4. The van der Waals surface area contributed by atoms with Crippen molar-refractivity contribution in [3.8, 4) is 0 Å². The Balaban J connectivity index is 2.14. The summed E-state index contributed by atoms with van der Waals surface area (Å²) in [5, 5.41) is 3.76. The number of hydrogen-bond acceptors (Lipinski definition) is 7. The van der Waals surface area contributed by atoms with E-state index in [0.717, 1.165) is 71.3 Å². The molecule has 2 fully saturated rings.